The van der Waals surface area contributed by atoms with E-state index in [4.69, 9.17) is 9.72 Å². The zero-order valence-corrected chi connectivity index (χ0v) is 18.6. The summed E-state index contributed by atoms with van der Waals surface area (Å²) in [5.74, 6) is 0.763. The van der Waals surface area contributed by atoms with Crippen LogP contribution in [-0.2, 0) is 4.74 Å². The van der Waals surface area contributed by atoms with Gasteiger partial charge in [0, 0.05) is 16.6 Å². The van der Waals surface area contributed by atoms with Gasteiger partial charge in [-0.3, -0.25) is 9.78 Å². The summed E-state index contributed by atoms with van der Waals surface area (Å²) in [6.07, 6.45) is 5.12. The lowest BCUT2D eigenvalue weighted by Gasteiger charge is -2.35. The predicted molar refractivity (Wildman–Crippen MR) is 124 cm³/mol. The third-order valence-corrected chi connectivity index (χ3v) is 6.78. The summed E-state index contributed by atoms with van der Waals surface area (Å²) < 4.78 is 5.67. The Bertz CT molecular complexity index is 1350. The van der Waals surface area contributed by atoms with Gasteiger partial charge in [0.1, 0.15) is 11.8 Å². The van der Waals surface area contributed by atoms with Gasteiger partial charge in [-0.1, -0.05) is 12.1 Å². The third-order valence-electron chi connectivity index (χ3n) is 6.78. The van der Waals surface area contributed by atoms with E-state index in [0.717, 1.165) is 46.1 Å². The Morgan fingerprint density at radius 1 is 1.21 bits per heavy atom. The SMILES string of the molecule is Cc1nc(C(C)Nc2ncnc3nc[nH]c23)cc2cccc(C(=O)N3C4CCC3COC4)c12. The molecule has 9 heteroatoms. The standard InChI is InChI=1S/C24H25N7O2/c1-13(30-23-21-22(26-11-25-21)27-12-28-23)19-8-15-4-3-5-18(20(15)14(2)29-19)24(32)31-16-6-7-17(31)10-33-9-16/h3-5,8,11-13,16-17H,6-7,9-10H2,1-2H3,(H2,25,26,27,28,30). The summed E-state index contributed by atoms with van der Waals surface area (Å²) in [6.45, 7) is 5.27. The van der Waals surface area contributed by atoms with Gasteiger partial charge >= 0.3 is 0 Å². The zero-order chi connectivity index (χ0) is 22.5. The number of H-pyrrole nitrogens is 1. The molecular weight excluding hydrogens is 418 g/mol. The topological polar surface area (TPSA) is 109 Å². The number of aromatic nitrogens is 5. The maximum Gasteiger partial charge on any atom is 0.255 e. The number of anilines is 1. The van der Waals surface area contributed by atoms with E-state index >= 15 is 0 Å². The smallest absolute Gasteiger partial charge is 0.255 e. The van der Waals surface area contributed by atoms with Crippen molar-refractivity contribution in [1.82, 2.24) is 29.8 Å². The number of pyridine rings is 1. The second-order valence-corrected chi connectivity index (χ2v) is 8.86. The van der Waals surface area contributed by atoms with Crippen molar-refractivity contribution in [3.8, 4) is 0 Å². The minimum Gasteiger partial charge on any atom is -0.377 e. The van der Waals surface area contributed by atoms with E-state index in [0.29, 0.717) is 24.7 Å². The van der Waals surface area contributed by atoms with Gasteiger partial charge in [0.2, 0.25) is 0 Å². The van der Waals surface area contributed by atoms with E-state index in [1.165, 1.54) is 6.33 Å². The van der Waals surface area contributed by atoms with E-state index in [9.17, 15) is 4.79 Å². The molecule has 0 aliphatic carbocycles. The summed E-state index contributed by atoms with van der Waals surface area (Å²) >= 11 is 0. The number of aryl methyl sites for hydroxylation is 1. The summed E-state index contributed by atoms with van der Waals surface area (Å²) in [5, 5.41) is 5.34. The van der Waals surface area contributed by atoms with E-state index in [-0.39, 0.29) is 24.0 Å². The van der Waals surface area contributed by atoms with Crippen molar-refractivity contribution >= 4 is 33.7 Å². The van der Waals surface area contributed by atoms with E-state index in [2.05, 4.69) is 31.3 Å². The lowest BCUT2D eigenvalue weighted by atomic mass is 10.00. The average Bonchev–Trinajstić information content (AvgIpc) is 3.40. The first kappa shape index (κ1) is 20.0. The van der Waals surface area contributed by atoms with Gasteiger partial charge in [0.05, 0.1) is 43.4 Å². The van der Waals surface area contributed by atoms with Gasteiger partial charge in [-0.2, -0.15) is 0 Å². The van der Waals surface area contributed by atoms with Crippen LogP contribution in [-0.4, -0.2) is 61.0 Å². The Morgan fingerprint density at radius 2 is 2.03 bits per heavy atom. The number of rotatable bonds is 4. The van der Waals surface area contributed by atoms with Crippen LogP contribution in [0.15, 0.2) is 36.9 Å². The second kappa shape index (κ2) is 7.77. The van der Waals surface area contributed by atoms with Crippen LogP contribution in [0, 0.1) is 6.92 Å². The summed E-state index contributed by atoms with van der Waals surface area (Å²) in [6, 6.07) is 8.22. The fraction of sp³-hybridized carbons (Fsp3) is 0.375. The second-order valence-electron chi connectivity index (χ2n) is 8.86. The summed E-state index contributed by atoms with van der Waals surface area (Å²) in [7, 11) is 0. The number of imidazole rings is 1. The number of hydrogen-bond acceptors (Lipinski definition) is 7. The van der Waals surface area contributed by atoms with Gasteiger partial charge in [-0.05, 0) is 44.2 Å². The van der Waals surface area contributed by atoms with Crippen molar-refractivity contribution in [3.63, 3.8) is 0 Å². The normalized spacial score (nSPS) is 21.0. The van der Waals surface area contributed by atoms with Gasteiger partial charge < -0.3 is 19.9 Å². The molecule has 1 amide bonds. The molecule has 2 bridgehead atoms. The maximum absolute atomic E-state index is 13.6. The maximum atomic E-state index is 13.6. The molecule has 3 unspecified atom stereocenters. The number of benzene rings is 1. The van der Waals surface area contributed by atoms with Crippen molar-refractivity contribution < 1.29 is 9.53 Å². The van der Waals surface area contributed by atoms with Crippen LogP contribution in [0.2, 0.25) is 0 Å². The van der Waals surface area contributed by atoms with Crippen LogP contribution < -0.4 is 5.32 Å². The lowest BCUT2D eigenvalue weighted by molar-refractivity contribution is -0.00705. The van der Waals surface area contributed by atoms with Crippen molar-refractivity contribution in [2.24, 2.45) is 0 Å². The van der Waals surface area contributed by atoms with Crippen molar-refractivity contribution in [1.29, 1.82) is 0 Å². The van der Waals surface area contributed by atoms with Gasteiger partial charge in [-0.25, -0.2) is 15.0 Å². The number of fused-ring (bicyclic) bond motifs is 4. The first-order chi connectivity index (χ1) is 16.1. The number of amides is 1. The number of ether oxygens (including phenoxy) is 1. The highest BCUT2D eigenvalue weighted by Crippen LogP contribution is 2.33. The van der Waals surface area contributed by atoms with Crippen LogP contribution in [0.5, 0.6) is 0 Å². The minimum absolute atomic E-state index is 0.0860. The molecule has 2 saturated heterocycles. The first-order valence-corrected chi connectivity index (χ1v) is 11.3. The quantitative estimate of drug-likeness (QED) is 0.498. The summed E-state index contributed by atoms with van der Waals surface area (Å²) in [4.78, 5) is 36.3. The molecule has 2 aliphatic rings. The van der Waals surface area contributed by atoms with Crippen LogP contribution in [0.25, 0.3) is 21.9 Å². The van der Waals surface area contributed by atoms with Crippen molar-refractivity contribution in [3.05, 3.63) is 53.9 Å². The van der Waals surface area contributed by atoms with Gasteiger partial charge in [-0.15, -0.1) is 0 Å². The zero-order valence-electron chi connectivity index (χ0n) is 18.6. The number of carbonyl (C=O) groups is 1. The molecule has 0 spiro atoms. The summed E-state index contributed by atoms with van der Waals surface area (Å²) in [5.41, 5.74) is 3.81. The Hall–Kier alpha value is -3.59. The molecule has 6 rings (SSSR count). The lowest BCUT2D eigenvalue weighted by Crippen LogP contribution is -2.49. The Morgan fingerprint density at radius 3 is 2.85 bits per heavy atom. The van der Waals surface area contributed by atoms with E-state index < -0.39 is 0 Å². The van der Waals surface area contributed by atoms with Gasteiger partial charge in [0.15, 0.2) is 11.5 Å². The molecule has 4 aromatic rings. The predicted octanol–water partition coefficient (Wildman–Crippen LogP) is 3.39. The molecule has 0 saturated carbocycles. The molecule has 1 aromatic carbocycles. The van der Waals surface area contributed by atoms with Crippen molar-refractivity contribution in [2.75, 3.05) is 18.5 Å². The van der Waals surface area contributed by atoms with Crippen LogP contribution >= 0.6 is 0 Å². The number of nitrogens with one attached hydrogen (secondary N) is 2. The Kier molecular flexibility index (Phi) is 4.72. The Labute approximate surface area is 190 Å². The molecule has 2 aliphatic heterocycles. The van der Waals surface area contributed by atoms with Gasteiger partial charge in [0.25, 0.3) is 5.91 Å². The molecular formula is C24H25N7O2. The highest BCUT2D eigenvalue weighted by atomic mass is 16.5. The molecule has 3 aromatic heterocycles. The molecule has 5 heterocycles. The number of hydrogen-bond donors (Lipinski definition) is 2. The fourth-order valence-electron chi connectivity index (χ4n) is 5.19. The number of aromatic amines is 1. The highest BCUT2D eigenvalue weighted by Gasteiger charge is 2.41. The molecule has 2 fully saturated rings. The van der Waals surface area contributed by atoms with E-state index in [1.807, 2.05) is 36.9 Å². The third kappa shape index (κ3) is 3.31. The van der Waals surface area contributed by atoms with E-state index in [1.54, 1.807) is 6.33 Å². The minimum atomic E-state index is -0.107. The molecule has 33 heavy (non-hydrogen) atoms. The monoisotopic (exact) mass is 443 g/mol. The highest BCUT2D eigenvalue weighted by molar-refractivity contribution is 6.08. The van der Waals surface area contributed by atoms with Crippen LogP contribution in [0.1, 0.15) is 47.6 Å². The first-order valence-electron chi connectivity index (χ1n) is 11.3. The van der Waals surface area contributed by atoms with Crippen LogP contribution in [0.3, 0.4) is 0 Å². The molecule has 2 N–H and O–H groups in total. The largest absolute Gasteiger partial charge is 0.377 e. The van der Waals surface area contributed by atoms with Crippen molar-refractivity contribution in [2.45, 2.75) is 44.8 Å². The average molecular weight is 444 g/mol. The number of carbonyl (C=O) groups excluding carboxylic acids is 1. The fourth-order valence-corrected chi connectivity index (χ4v) is 5.19. The Balaban J connectivity index is 1.34. The molecule has 0 radical (unpaired) electrons. The number of morpholine rings is 1. The number of nitrogens with zero attached hydrogens (tertiary/aromatic N) is 5. The molecule has 9 nitrogen and oxygen atoms in total. The molecule has 3 atom stereocenters. The van der Waals surface area contributed by atoms with Crippen LogP contribution in [0.4, 0.5) is 5.82 Å². The molecule has 168 valence electrons.